The van der Waals surface area contributed by atoms with Crippen molar-refractivity contribution in [1.82, 2.24) is 5.32 Å². The van der Waals surface area contributed by atoms with Crippen molar-refractivity contribution in [2.45, 2.75) is 158 Å². The Morgan fingerprint density at radius 2 is 1.44 bits per heavy atom. The van der Waals surface area contributed by atoms with Crippen LogP contribution in [0.1, 0.15) is 90.4 Å². The summed E-state index contributed by atoms with van der Waals surface area (Å²) in [6.07, 6.45) is 3.27. The van der Waals surface area contributed by atoms with Gasteiger partial charge >= 0.3 is 0 Å². The number of nitroso groups, excluding NO2 is 1. The maximum atomic E-state index is 11.6. The highest BCUT2D eigenvalue weighted by Crippen LogP contribution is 2.31. The summed E-state index contributed by atoms with van der Waals surface area (Å²) in [5.41, 5.74) is 0. The van der Waals surface area contributed by atoms with E-state index in [9.17, 15) is 40.3 Å². The number of unbranched alkanes of at least 4 members (excludes halogenated alkanes) is 9. The summed E-state index contributed by atoms with van der Waals surface area (Å²) in [4.78, 5) is 23.1. The summed E-state index contributed by atoms with van der Waals surface area (Å²) in [6.45, 7) is 1.03. The molecule has 280 valence electrons. The minimum absolute atomic E-state index is 0.0468. The number of carbonyl (C=O) groups is 1. The molecule has 16 heteroatoms. The van der Waals surface area contributed by atoms with Crippen molar-refractivity contribution >= 4 is 17.9 Å². The van der Waals surface area contributed by atoms with Gasteiger partial charge < -0.3 is 59.5 Å². The molecular formula is C32H58N2O13S. The van der Waals surface area contributed by atoms with E-state index in [1.807, 2.05) is 6.92 Å². The predicted molar refractivity (Wildman–Crippen MR) is 178 cm³/mol. The minimum Gasteiger partial charge on any atom is -0.394 e. The average Bonchev–Trinajstić information content (AvgIpc) is 3.07. The van der Waals surface area contributed by atoms with Crippen molar-refractivity contribution < 1.29 is 58.9 Å². The monoisotopic (exact) mass is 710 g/mol. The van der Waals surface area contributed by atoms with Gasteiger partial charge in [-0.2, -0.15) is 4.91 Å². The number of hydrogen-bond acceptors (Lipinski definition) is 15. The third-order valence-electron chi connectivity index (χ3n) is 8.64. The fourth-order valence-corrected chi connectivity index (χ4v) is 5.95. The van der Waals surface area contributed by atoms with Gasteiger partial charge in [-0.15, -0.1) is 0 Å². The van der Waals surface area contributed by atoms with Crippen molar-refractivity contribution in [3.8, 4) is 0 Å². The van der Waals surface area contributed by atoms with Gasteiger partial charge in [-0.25, -0.2) is 0 Å². The Hall–Kier alpha value is -1.28. The Bertz CT molecular complexity index is 904. The SMILES string of the molecule is CC(CCCCCC/C=C\CCCCCCCC(=O)NCCSO)OC1OC(CO)C(N=O)C(O)C1OC1OC(CO)C(O)C(O)C1O. The number of nitrogens with one attached hydrogen (secondary N) is 1. The first kappa shape index (κ1) is 42.9. The van der Waals surface area contributed by atoms with Crippen LogP contribution in [0.25, 0.3) is 0 Å². The van der Waals surface area contributed by atoms with E-state index >= 15 is 0 Å². The molecule has 0 radical (unpaired) electrons. The molecule has 2 rings (SSSR count). The van der Waals surface area contributed by atoms with Gasteiger partial charge in [-0.05, 0) is 57.5 Å². The quantitative estimate of drug-likeness (QED) is 0.0292. The Morgan fingerprint density at radius 3 is 2.06 bits per heavy atom. The molecule has 1 amide bonds. The zero-order valence-corrected chi connectivity index (χ0v) is 28.8. The summed E-state index contributed by atoms with van der Waals surface area (Å²) in [7, 11) is 0. The van der Waals surface area contributed by atoms with Gasteiger partial charge in [0.2, 0.25) is 5.91 Å². The molecule has 0 aromatic heterocycles. The van der Waals surface area contributed by atoms with Crippen molar-refractivity contribution in [3.63, 3.8) is 0 Å². The first-order valence-electron chi connectivity index (χ1n) is 17.2. The molecule has 0 saturated carbocycles. The highest BCUT2D eigenvalue weighted by atomic mass is 32.2. The first-order valence-corrected chi connectivity index (χ1v) is 18.2. The molecule has 2 heterocycles. The third kappa shape index (κ3) is 14.9. The molecule has 0 aliphatic carbocycles. The molecule has 48 heavy (non-hydrogen) atoms. The lowest BCUT2D eigenvalue weighted by Crippen LogP contribution is -2.64. The van der Waals surface area contributed by atoms with Crippen LogP contribution in [-0.4, -0.2) is 134 Å². The number of aliphatic hydroxyl groups excluding tert-OH is 6. The van der Waals surface area contributed by atoms with E-state index in [-0.39, 0.29) is 12.0 Å². The lowest BCUT2D eigenvalue weighted by atomic mass is 9.96. The van der Waals surface area contributed by atoms with Gasteiger partial charge in [-0.3, -0.25) is 4.79 Å². The molecule has 0 bridgehead atoms. The maximum absolute atomic E-state index is 11.6. The molecule has 2 fully saturated rings. The number of hydrogen-bond donors (Lipinski definition) is 8. The summed E-state index contributed by atoms with van der Waals surface area (Å²) in [6, 6.07) is -1.41. The van der Waals surface area contributed by atoms with E-state index in [2.05, 4.69) is 22.6 Å². The van der Waals surface area contributed by atoms with Crippen molar-refractivity contribution in [2.24, 2.45) is 5.18 Å². The van der Waals surface area contributed by atoms with Crippen LogP contribution in [0.2, 0.25) is 0 Å². The molecule has 0 aromatic rings. The van der Waals surface area contributed by atoms with Crippen molar-refractivity contribution in [3.05, 3.63) is 17.1 Å². The zero-order valence-electron chi connectivity index (χ0n) is 28.0. The molecule has 2 aliphatic heterocycles. The first-order chi connectivity index (χ1) is 23.2. The highest BCUT2D eigenvalue weighted by molar-refractivity contribution is 7.93. The lowest BCUT2D eigenvalue weighted by Gasteiger charge is -2.46. The standard InChI is InChI=1S/C32H58N2O13S/c1-21(15-13-11-9-7-5-3-2-4-6-8-10-12-14-16-24(37)33-17-18-48-43)44-32-30(27(39)25(34-42)22(19-35)45-32)47-31-29(41)28(40)26(38)23(20-36)46-31/h2-3,21-23,25-32,35-36,38-41,43H,4-20H2,1H3,(H,33,37)/b3-2-. The van der Waals surface area contributed by atoms with Crippen LogP contribution < -0.4 is 5.32 Å². The summed E-state index contributed by atoms with van der Waals surface area (Å²) in [5, 5.41) is 66.4. The van der Waals surface area contributed by atoms with Gasteiger partial charge in [0, 0.05) is 18.7 Å². The maximum Gasteiger partial charge on any atom is 0.220 e. The topological polar surface area (TPSA) is 237 Å². The summed E-state index contributed by atoms with van der Waals surface area (Å²) in [5.74, 6) is 0.556. The Morgan fingerprint density at radius 1 is 0.833 bits per heavy atom. The zero-order chi connectivity index (χ0) is 35.3. The second-order valence-corrected chi connectivity index (χ2v) is 13.2. The number of carbonyl (C=O) groups excluding carboxylic acids is 1. The van der Waals surface area contributed by atoms with E-state index in [0.717, 1.165) is 82.7 Å². The number of allylic oxidation sites excluding steroid dienone is 2. The van der Waals surface area contributed by atoms with E-state index in [1.54, 1.807) is 0 Å². The number of aliphatic hydroxyl groups is 6. The van der Waals surface area contributed by atoms with Gasteiger partial charge in [0.25, 0.3) is 0 Å². The van der Waals surface area contributed by atoms with E-state index in [0.29, 0.717) is 25.1 Å². The van der Waals surface area contributed by atoms with Crippen molar-refractivity contribution in [2.75, 3.05) is 25.5 Å². The molecule has 0 spiro atoms. The lowest BCUT2D eigenvalue weighted by molar-refractivity contribution is -0.361. The number of rotatable bonds is 25. The van der Waals surface area contributed by atoms with E-state index < -0.39 is 74.6 Å². The second kappa shape index (κ2) is 24.8. The van der Waals surface area contributed by atoms with Gasteiger partial charge in [-0.1, -0.05) is 55.9 Å². The molecule has 15 nitrogen and oxygen atoms in total. The Kier molecular flexibility index (Phi) is 22.2. The highest BCUT2D eigenvalue weighted by Gasteiger charge is 2.52. The average molecular weight is 711 g/mol. The van der Waals surface area contributed by atoms with Gasteiger partial charge in [0.05, 0.1) is 19.3 Å². The second-order valence-electron chi connectivity index (χ2n) is 12.5. The molecular weight excluding hydrogens is 652 g/mol. The largest absolute Gasteiger partial charge is 0.394 e. The fraction of sp³-hybridized carbons (Fsp3) is 0.906. The summed E-state index contributed by atoms with van der Waals surface area (Å²) < 4.78 is 31.5. The molecule has 11 unspecified atom stereocenters. The van der Waals surface area contributed by atoms with Crippen LogP contribution in [0.15, 0.2) is 17.3 Å². The van der Waals surface area contributed by atoms with Gasteiger partial charge in [0.1, 0.15) is 48.8 Å². The third-order valence-corrected chi connectivity index (χ3v) is 9.03. The van der Waals surface area contributed by atoms with Crippen LogP contribution >= 0.6 is 12.0 Å². The molecule has 8 N–H and O–H groups in total. The molecule has 2 aliphatic rings. The van der Waals surface area contributed by atoms with Crippen LogP contribution in [0.3, 0.4) is 0 Å². The van der Waals surface area contributed by atoms with Crippen LogP contribution in [0.5, 0.6) is 0 Å². The fourth-order valence-electron chi connectivity index (χ4n) is 5.76. The number of ether oxygens (including phenoxy) is 4. The van der Waals surface area contributed by atoms with Crippen LogP contribution in [0, 0.1) is 4.91 Å². The smallest absolute Gasteiger partial charge is 0.220 e. The number of amides is 1. The Balaban J connectivity index is 1.66. The van der Waals surface area contributed by atoms with Crippen molar-refractivity contribution in [1.29, 1.82) is 0 Å². The molecule has 0 aromatic carbocycles. The molecule has 2 saturated heterocycles. The van der Waals surface area contributed by atoms with Gasteiger partial charge in [0.15, 0.2) is 12.6 Å². The van der Waals surface area contributed by atoms with Crippen LogP contribution in [0.4, 0.5) is 0 Å². The normalized spacial score (nSPS) is 31.6. The summed E-state index contributed by atoms with van der Waals surface area (Å²) >= 11 is 0.730. The molecule has 11 atom stereocenters. The van der Waals surface area contributed by atoms with Crippen LogP contribution in [-0.2, 0) is 23.7 Å². The van der Waals surface area contributed by atoms with E-state index in [4.69, 9.17) is 23.5 Å². The van der Waals surface area contributed by atoms with E-state index in [1.165, 1.54) is 0 Å². The Labute approximate surface area is 287 Å². The predicted octanol–water partition coefficient (Wildman–Crippen LogP) is 1.74. The number of nitrogens with zero attached hydrogens (tertiary/aromatic N) is 1. The minimum atomic E-state index is -1.74.